The normalized spacial score (nSPS) is 18.4. The van der Waals surface area contributed by atoms with Gasteiger partial charge in [-0.05, 0) is 79.4 Å². The Bertz CT molecular complexity index is 2300. The molecule has 47 heavy (non-hydrogen) atoms. The third kappa shape index (κ3) is 4.41. The van der Waals surface area contributed by atoms with Gasteiger partial charge in [-0.2, -0.15) is 34.2 Å². The average molecular weight is 615 g/mol. The summed E-state index contributed by atoms with van der Waals surface area (Å²) >= 11 is 0. The van der Waals surface area contributed by atoms with E-state index in [1.54, 1.807) is 13.0 Å². The van der Waals surface area contributed by atoms with E-state index in [0.717, 1.165) is 40.0 Å². The van der Waals surface area contributed by atoms with Gasteiger partial charge in [-0.15, -0.1) is 0 Å². The summed E-state index contributed by atoms with van der Waals surface area (Å²) < 4.78 is 41.5. The highest BCUT2D eigenvalue weighted by atomic mass is 19.4. The molecule has 0 aromatic heterocycles. The molecule has 0 spiro atoms. The topological polar surface area (TPSA) is 95.2 Å². The van der Waals surface area contributed by atoms with Gasteiger partial charge in [0.15, 0.2) is 0 Å². The van der Waals surface area contributed by atoms with Crippen LogP contribution in [-0.2, 0) is 5.41 Å². The van der Waals surface area contributed by atoms with Gasteiger partial charge in [0, 0.05) is 16.9 Å². The molecule has 4 nitrogen and oxygen atoms in total. The first kappa shape index (κ1) is 29.3. The quantitative estimate of drug-likeness (QED) is 0.185. The zero-order chi connectivity index (χ0) is 33.1. The number of hydrogen-bond donors (Lipinski definition) is 0. The van der Waals surface area contributed by atoms with E-state index in [0.29, 0.717) is 33.4 Å². The van der Waals surface area contributed by atoms with Gasteiger partial charge in [0.2, 0.25) is 0 Å². The van der Waals surface area contributed by atoms with Crippen LogP contribution in [0.25, 0.3) is 44.5 Å². The van der Waals surface area contributed by atoms with Crippen LogP contribution < -0.4 is 0 Å². The number of fused-ring (bicyclic) bond motifs is 6. The Morgan fingerprint density at radius 3 is 1.83 bits per heavy atom. The zero-order valence-corrected chi connectivity index (χ0v) is 24.8. The second kappa shape index (κ2) is 10.6. The van der Waals surface area contributed by atoms with Crippen molar-refractivity contribution in [2.75, 3.05) is 0 Å². The number of nitrogens with zero attached hydrogens (tertiary/aromatic N) is 4. The molecule has 0 aliphatic heterocycles. The van der Waals surface area contributed by atoms with Crippen molar-refractivity contribution >= 4 is 11.1 Å². The van der Waals surface area contributed by atoms with Crippen molar-refractivity contribution in [3.05, 3.63) is 142 Å². The van der Waals surface area contributed by atoms with E-state index in [1.807, 2.05) is 103 Å². The van der Waals surface area contributed by atoms with Crippen LogP contribution in [-0.4, -0.2) is 6.18 Å². The van der Waals surface area contributed by atoms with Gasteiger partial charge in [-0.3, -0.25) is 0 Å². The summed E-state index contributed by atoms with van der Waals surface area (Å²) in [6.45, 7) is 1.78. The molecule has 4 aromatic rings. The van der Waals surface area contributed by atoms with Crippen LogP contribution in [0.3, 0.4) is 0 Å². The van der Waals surface area contributed by atoms with E-state index in [-0.39, 0.29) is 16.7 Å². The third-order valence-electron chi connectivity index (χ3n) is 9.41. The zero-order valence-electron chi connectivity index (χ0n) is 24.8. The summed E-state index contributed by atoms with van der Waals surface area (Å²) in [5.41, 5.74) is 6.23. The van der Waals surface area contributed by atoms with Crippen molar-refractivity contribution in [3.8, 4) is 57.7 Å². The van der Waals surface area contributed by atoms with Crippen molar-refractivity contribution in [1.29, 1.82) is 21.0 Å². The van der Waals surface area contributed by atoms with Crippen molar-refractivity contribution in [2.24, 2.45) is 5.92 Å². The number of allylic oxidation sites excluding steroid dienone is 7. The lowest BCUT2D eigenvalue weighted by atomic mass is 9.71. The van der Waals surface area contributed by atoms with Gasteiger partial charge < -0.3 is 0 Å². The monoisotopic (exact) mass is 614 g/mol. The van der Waals surface area contributed by atoms with E-state index in [2.05, 4.69) is 0 Å². The molecule has 3 aliphatic carbocycles. The molecule has 0 saturated heterocycles. The summed E-state index contributed by atoms with van der Waals surface area (Å²) in [5, 5.41) is 39.9. The Hall–Kier alpha value is -6.41. The van der Waals surface area contributed by atoms with Crippen molar-refractivity contribution in [3.63, 3.8) is 0 Å². The van der Waals surface area contributed by atoms with Crippen LogP contribution in [0.1, 0.15) is 29.2 Å². The van der Waals surface area contributed by atoms with Crippen LogP contribution in [0.4, 0.5) is 13.2 Å². The number of benzene rings is 4. The summed E-state index contributed by atoms with van der Waals surface area (Å²) in [6, 6.07) is 35.4. The SMILES string of the molecule is CC12C=CC(C(F)(F)F)=CC1C(=C(C#N)C#N)c1cc3c(cc12)C(=C(C#N)C#N)c1cc(-c2ccc(-c4ccccc4)cc2)ccc1-3. The number of rotatable bonds is 2. The first-order valence-electron chi connectivity index (χ1n) is 14.7. The third-order valence-corrected chi connectivity index (χ3v) is 9.41. The molecule has 0 saturated carbocycles. The maximum absolute atomic E-state index is 13.8. The number of nitriles is 4. The van der Waals surface area contributed by atoms with Crippen molar-refractivity contribution in [1.82, 2.24) is 0 Å². The Morgan fingerprint density at radius 2 is 1.21 bits per heavy atom. The van der Waals surface area contributed by atoms with E-state index >= 15 is 0 Å². The van der Waals surface area contributed by atoms with Gasteiger partial charge >= 0.3 is 6.18 Å². The first-order chi connectivity index (χ1) is 22.6. The molecule has 7 heteroatoms. The number of alkyl halides is 3. The van der Waals surface area contributed by atoms with Gasteiger partial charge in [0.25, 0.3) is 0 Å². The fraction of sp³-hybridized carbons (Fsp3) is 0.100. The van der Waals surface area contributed by atoms with Crippen LogP contribution in [0, 0.1) is 51.2 Å². The summed E-state index contributed by atoms with van der Waals surface area (Å²) in [6.07, 6.45) is -1.01. The maximum Gasteiger partial charge on any atom is 0.416 e. The molecule has 0 radical (unpaired) electrons. The minimum atomic E-state index is -4.61. The molecule has 0 N–H and O–H groups in total. The molecule has 2 atom stereocenters. The molecule has 4 aromatic carbocycles. The molecule has 222 valence electrons. The molecule has 0 bridgehead atoms. The average Bonchev–Trinajstić information content (AvgIpc) is 3.53. The van der Waals surface area contributed by atoms with Gasteiger partial charge in [0.1, 0.15) is 35.4 Å². The lowest BCUT2D eigenvalue weighted by Gasteiger charge is -2.32. The highest BCUT2D eigenvalue weighted by molar-refractivity contribution is 6.06. The Labute approximate surface area is 269 Å². The maximum atomic E-state index is 13.8. The summed E-state index contributed by atoms with van der Waals surface area (Å²) in [5.74, 6) is -0.921. The van der Waals surface area contributed by atoms with Crippen LogP contribution in [0.2, 0.25) is 0 Å². The molecule has 0 heterocycles. The van der Waals surface area contributed by atoms with Gasteiger partial charge in [-0.1, -0.05) is 91.9 Å². The van der Waals surface area contributed by atoms with Crippen LogP contribution in [0.15, 0.2) is 120 Å². The lowest BCUT2D eigenvalue weighted by Crippen LogP contribution is -2.29. The van der Waals surface area contributed by atoms with Gasteiger partial charge in [-0.25, -0.2) is 0 Å². The van der Waals surface area contributed by atoms with Crippen molar-refractivity contribution < 1.29 is 13.2 Å². The van der Waals surface area contributed by atoms with E-state index in [4.69, 9.17) is 0 Å². The molecule has 2 unspecified atom stereocenters. The predicted molar refractivity (Wildman–Crippen MR) is 172 cm³/mol. The fourth-order valence-corrected chi connectivity index (χ4v) is 7.11. The molecule has 7 rings (SSSR count). The number of hydrogen-bond acceptors (Lipinski definition) is 4. The van der Waals surface area contributed by atoms with E-state index in [9.17, 15) is 34.2 Å². The molecule has 0 fully saturated rings. The highest BCUT2D eigenvalue weighted by Crippen LogP contribution is 2.59. The number of halogens is 3. The Balaban J connectivity index is 1.43. The Morgan fingerprint density at radius 1 is 0.638 bits per heavy atom. The van der Waals surface area contributed by atoms with Crippen LogP contribution >= 0.6 is 0 Å². The second-order valence-corrected chi connectivity index (χ2v) is 11.8. The summed E-state index contributed by atoms with van der Waals surface area (Å²) in [4.78, 5) is 0. The first-order valence-corrected chi connectivity index (χ1v) is 14.7. The van der Waals surface area contributed by atoms with Gasteiger partial charge in [0.05, 0.1) is 5.57 Å². The van der Waals surface area contributed by atoms with E-state index < -0.39 is 23.1 Å². The minimum Gasteiger partial charge on any atom is -0.192 e. The smallest absolute Gasteiger partial charge is 0.192 e. The Kier molecular flexibility index (Phi) is 6.61. The lowest BCUT2D eigenvalue weighted by molar-refractivity contribution is -0.0889. The molecule has 3 aliphatic rings. The molecule has 0 amide bonds. The van der Waals surface area contributed by atoms with E-state index in [1.165, 1.54) is 6.08 Å². The van der Waals surface area contributed by atoms with Crippen molar-refractivity contribution in [2.45, 2.75) is 18.5 Å². The fourth-order valence-electron chi connectivity index (χ4n) is 7.11. The largest absolute Gasteiger partial charge is 0.416 e. The molecular weight excluding hydrogens is 593 g/mol. The second-order valence-electron chi connectivity index (χ2n) is 11.8. The highest BCUT2D eigenvalue weighted by Gasteiger charge is 2.50. The molecular formula is C40H21F3N4. The summed E-state index contributed by atoms with van der Waals surface area (Å²) in [7, 11) is 0. The van der Waals surface area contributed by atoms with Crippen LogP contribution in [0.5, 0.6) is 0 Å². The predicted octanol–water partition coefficient (Wildman–Crippen LogP) is 9.60. The minimum absolute atomic E-state index is 0.0924. The standard InChI is InChI=1S/C40H21F3N4/c1-39-14-13-29(40(41,42)43)16-36(39)38(28(21-46)22-47)34-17-31-30-12-11-26(25-9-7-24(8-10-25)23-5-3-2-4-6-23)15-32(30)37(27(19-44)20-45)33(31)18-35(34)39/h2-18,36H,1H3.